The maximum Gasteiger partial charge on any atom is 0.251 e. The molecule has 2 aromatic carbocycles. The van der Waals surface area contributed by atoms with Crippen molar-refractivity contribution in [3.05, 3.63) is 65.2 Å². The summed E-state index contributed by atoms with van der Waals surface area (Å²) in [6, 6.07) is 15.3. The van der Waals surface area contributed by atoms with Crippen molar-refractivity contribution in [3.8, 4) is 0 Å². The first kappa shape index (κ1) is 14.1. The summed E-state index contributed by atoms with van der Waals surface area (Å²) < 4.78 is 0. The smallest absolute Gasteiger partial charge is 0.251 e. The van der Waals surface area contributed by atoms with Gasteiger partial charge >= 0.3 is 0 Å². The molecule has 1 amide bonds. The Bertz CT molecular complexity index is 579. The number of nitrogen functional groups attached to an aromatic ring is 1. The van der Waals surface area contributed by atoms with Crippen LogP contribution in [0.5, 0.6) is 0 Å². The topological polar surface area (TPSA) is 67.2 Å². The Labute approximate surface area is 119 Å². The molecule has 4 N–H and O–H groups in total. The molecule has 2 aromatic rings. The number of nitrogens with one attached hydrogen (secondary N) is 2. The number of amides is 1. The van der Waals surface area contributed by atoms with Crippen molar-refractivity contribution >= 4 is 11.6 Å². The molecule has 20 heavy (non-hydrogen) atoms. The second-order valence-corrected chi connectivity index (χ2v) is 4.72. The quantitative estimate of drug-likeness (QED) is 0.576. The molecule has 0 radical (unpaired) electrons. The number of nitrogens with two attached hydrogens (primary N) is 1. The maximum atomic E-state index is 11.9. The Morgan fingerprint density at radius 3 is 2.55 bits per heavy atom. The number of hydrazine groups is 1. The molecule has 0 spiro atoms. The highest BCUT2D eigenvalue weighted by Gasteiger charge is 2.04. The van der Waals surface area contributed by atoms with E-state index in [9.17, 15) is 4.79 Å². The molecular formula is C16H19N3O. The fourth-order valence-electron chi connectivity index (χ4n) is 2.01. The summed E-state index contributed by atoms with van der Waals surface area (Å²) in [5, 5.41) is 2.91. The van der Waals surface area contributed by atoms with Crippen LogP contribution in [-0.4, -0.2) is 12.5 Å². The zero-order chi connectivity index (χ0) is 14.4. The van der Waals surface area contributed by atoms with E-state index in [1.807, 2.05) is 6.07 Å². The number of hydrogen-bond acceptors (Lipinski definition) is 3. The van der Waals surface area contributed by atoms with Gasteiger partial charge in [0.15, 0.2) is 0 Å². The summed E-state index contributed by atoms with van der Waals surface area (Å²) in [7, 11) is 0. The first-order valence-corrected chi connectivity index (χ1v) is 6.59. The number of carbonyl (C=O) groups excluding carboxylic acids is 1. The second-order valence-electron chi connectivity index (χ2n) is 4.72. The highest BCUT2D eigenvalue weighted by atomic mass is 16.1. The molecule has 0 aliphatic carbocycles. The predicted molar refractivity (Wildman–Crippen MR) is 81.5 cm³/mol. The van der Waals surface area contributed by atoms with E-state index in [4.69, 9.17) is 5.84 Å². The van der Waals surface area contributed by atoms with E-state index in [1.165, 1.54) is 11.1 Å². The molecule has 0 saturated heterocycles. The van der Waals surface area contributed by atoms with Crippen LogP contribution in [0.25, 0.3) is 0 Å². The number of aryl methyl sites for hydroxylation is 1. The third-order valence-corrected chi connectivity index (χ3v) is 3.10. The molecule has 0 fully saturated rings. The van der Waals surface area contributed by atoms with Gasteiger partial charge in [-0.15, -0.1) is 0 Å². The van der Waals surface area contributed by atoms with Gasteiger partial charge in [0, 0.05) is 17.8 Å². The van der Waals surface area contributed by atoms with Crippen LogP contribution in [-0.2, 0) is 6.42 Å². The van der Waals surface area contributed by atoms with E-state index in [1.54, 1.807) is 24.3 Å². The summed E-state index contributed by atoms with van der Waals surface area (Å²) in [5.74, 6) is 5.21. The molecule has 0 aliphatic rings. The van der Waals surface area contributed by atoms with Crippen LogP contribution in [0.4, 0.5) is 5.69 Å². The van der Waals surface area contributed by atoms with E-state index < -0.39 is 0 Å². The molecule has 0 aliphatic heterocycles. The minimum absolute atomic E-state index is 0.0683. The van der Waals surface area contributed by atoms with Crippen LogP contribution < -0.4 is 16.6 Å². The Morgan fingerprint density at radius 2 is 1.90 bits per heavy atom. The Kier molecular flexibility index (Phi) is 4.74. The van der Waals surface area contributed by atoms with Gasteiger partial charge in [0.1, 0.15) is 0 Å². The highest BCUT2D eigenvalue weighted by molar-refractivity contribution is 5.94. The monoisotopic (exact) mass is 269 g/mol. The average Bonchev–Trinajstić information content (AvgIpc) is 2.47. The third kappa shape index (κ3) is 3.83. The van der Waals surface area contributed by atoms with Gasteiger partial charge in [-0.3, -0.25) is 10.6 Å². The molecule has 4 heteroatoms. The van der Waals surface area contributed by atoms with E-state index in [-0.39, 0.29) is 5.91 Å². The van der Waals surface area contributed by atoms with Crippen molar-refractivity contribution in [1.82, 2.24) is 5.32 Å². The standard InChI is InChI=1S/C16H19N3O/c1-12-3-2-4-13(11-12)9-10-18-16(20)14-5-7-15(19-17)8-6-14/h2-8,11,19H,9-10,17H2,1H3,(H,18,20). The molecule has 0 unspecified atom stereocenters. The fraction of sp³-hybridized carbons (Fsp3) is 0.188. The lowest BCUT2D eigenvalue weighted by Crippen LogP contribution is -2.25. The van der Waals surface area contributed by atoms with Crippen molar-refractivity contribution in [1.29, 1.82) is 0 Å². The minimum Gasteiger partial charge on any atom is -0.352 e. The van der Waals surface area contributed by atoms with Crippen molar-refractivity contribution in [2.24, 2.45) is 5.84 Å². The largest absolute Gasteiger partial charge is 0.352 e. The SMILES string of the molecule is Cc1cccc(CCNC(=O)c2ccc(NN)cc2)c1. The van der Waals surface area contributed by atoms with E-state index in [0.29, 0.717) is 12.1 Å². The third-order valence-electron chi connectivity index (χ3n) is 3.10. The van der Waals surface area contributed by atoms with Gasteiger partial charge in [-0.25, -0.2) is 0 Å². The number of hydrogen-bond donors (Lipinski definition) is 3. The molecule has 2 rings (SSSR count). The van der Waals surface area contributed by atoms with Crippen molar-refractivity contribution in [3.63, 3.8) is 0 Å². The Hall–Kier alpha value is -2.33. The van der Waals surface area contributed by atoms with E-state index in [0.717, 1.165) is 12.1 Å². The second kappa shape index (κ2) is 6.73. The first-order valence-electron chi connectivity index (χ1n) is 6.59. The van der Waals surface area contributed by atoms with Gasteiger partial charge in [-0.2, -0.15) is 0 Å². The van der Waals surface area contributed by atoms with Gasteiger partial charge in [0.05, 0.1) is 0 Å². The van der Waals surface area contributed by atoms with Crippen molar-refractivity contribution < 1.29 is 4.79 Å². The molecule has 0 aromatic heterocycles. The predicted octanol–water partition coefficient (Wildman–Crippen LogP) is 2.25. The Morgan fingerprint density at radius 1 is 1.15 bits per heavy atom. The van der Waals surface area contributed by atoms with Gasteiger partial charge < -0.3 is 10.7 Å². The lowest BCUT2D eigenvalue weighted by atomic mass is 10.1. The van der Waals surface area contributed by atoms with Gasteiger partial charge in [-0.05, 0) is 43.2 Å². The lowest BCUT2D eigenvalue weighted by Gasteiger charge is -2.07. The van der Waals surface area contributed by atoms with Crippen molar-refractivity contribution in [2.75, 3.05) is 12.0 Å². The zero-order valence-corrected chi connectivity index (χ0v) is 11.5. The summed E-state index contributed by atoms with van der Waals surface area (Å²) in [6.07, 6.45) is 0.829. The molecule has 0 heterocycles. The number of anilines is 1. The highest BCUT2D eigenvalue weighted by Crippen LogP contribution is 2.08. The molecule has 104 valence electrons. The average molecular weight is 269 g/mol. The fourth-order valence-corrected chi connectivity index (χ4v) is 2.01. The van der Waals surface area contributed by atoms with Gasteiger partial charge in [-0.1, -0.05) is 29.8 Å². The number of benzene rings is 2. The van der Waals surface area contributed by atoms with E-state index >= 15 is 0 Å². The lowest BCUT2D eigenvalue weighted by molar-refractivity contribution is 0.0954. The molecule has 0 bridgehead atoms. The number of carbonyl (C=O) groups is 1. The van der Waals surface area contributed by atoms with Crippen LogP contribution in [0, 0.1) is 6.92 Å². The zero-order valence-electron chi connectivity index (χ0n) is 11.5. The van der Waals surface area contributed by atoms with Crippen LogP contribution in [0.15, 0.2) is 48.5 Å². The van der Waals surface area contributed by atoms with Crippen LogP contribution in [0.2, 0.25) is 0 Å². The van der Waals surface area contributed by atoms with Crippen LogP contribution >= 0.6 is 0 Å². The van der Waals surface area contributed by atoms with Crippen LogP contribution in [0.3, 0.4) is 0 Å². The summed E-state index contributed by atoms with van der Waals surface area (Å²) in [6.45, 7) is 2.69. The molecule has 4 nitrogen and oxygen atoms in total. The van der Waals surface area contributed by atoms with Crippen molar-refractivity contribution in [2.45, 2.75) is 13.3 Å². The normalized spacial score (nSPS) is 10.1. The summed E-state index contributed by atoms with van der Waals surface area (Å²) in [4.78, 5) is 11.9. The molecule has 0 saturated carbocycles. The number of rotatable bonds is 5. The molecule has 0 atom stereocenters. The summed E-state index contributed by atoms with van der Waals surface area (Å²) in [5.41, 5.74) is 6.41. The summed E-state index contributed by atoms with van der Waals surface area (Å²) >= 11 is 0. The van der Waals surface area contributed by atoms with Gasteiger partial charge in [0.25, 0.3) is 5.91 Å². The van der Waals surface area contributed by atoms with Crippen LogP contribution in [0.1, 0.15) is 21.5 Å². The maximum absolute atomic E-state index is 11.9. The minimum atomic E-state index is -0.0683. The Balaban J connectivity index is 1.85. The van der Waals surface area contributed by atoms with E-state index in [2.05, 4.69) is 35.9 Å². The van der Waals surface area contributed by atoms with Gasteiger partial charge in [0.2, 0.25) is 0 Å². The first-order chi connectivity index (χ1) is 9.69. The molecular weight excluding hydrogens is 250 g/mol.